The molecule has 0 amide bonds. The molecule has 3 nitrogen and oxygen atoms in total. The van der Waals surface area contributed by atoms with Crippen molar-refractivity contribution in [2.45, 2.75) is 111 Å². The van der Waals surface area contributed by atoms with Crippen LogP contribution >= 0.6 is 0 Å². The second-order valence-corrected chi connectivity index (χ2v) is 10.4. The van der Waals surface area contributed by atoms with E-state index in [-0.39, 0.29) is 17.3 Å². The number of carbonyl (C=O) groups is 1. The van der Waals surface area contributed by atoms with Crippen LogP contribution in [0.4, 0.5) is 0 Å². The molecule has 0 saturated heterocycles. The molecule has 0 radical (unpaired) electrons. The van der Waals surface area contributed by atoms with Crippen LogP contribution in [0.5, 0.6) is 0 Å². The van der Waals surface area contributed by atoms with E-state index in [0.717, 1.165) is 44.9 Å². The van der Waals surface area contributed by atoms with E-state index in [1.54, 1.807) is 12.4 Å². The molecule has 1 N–H and O–H groups in total. The van der Waals surface area contributed by atoms with Gasteiger partial charge in [-0.05, 0) is 48.6 Å². The molecule has 28 heavy (non-hydrogen) atoms. The van der Waals surface area contributed by atoms with Crippen molar-refractivity contribution in [2.75, 3.05) is 0 Å². The Morgan fingerprint density at radius 2 is 1.57 bits per heavy atom. The van der Waals surface area contributed by atoms with Gasteiger partial charge in [0.05, 0.1) is 6.10 Å². The van der Waals surface area contributed by atoms with Gasteiger partial charge in [0.1, 0.15) is 0 Å². The van der Waals surface area contributed by atoms with E-state index < -0.39 is 0 Å². The largest absolute Gasteiger partial charge is 0.393 e. The van der Waals surface area contributed by atoms with Crippen LogP contribution in [0.3, 0.4) is 0 Å². The summed E-state index contributed by atoms with van der Waals surface area (Å²) >= 11 is 0. The van der Waals surface area contributed by atoms with Gasteiger partial charge in [-0.25, -0.2) is 0 Å². The highest BCUT2D eigenvalue weighted by molar-refractivity contribution is 5.96. The first-order valence-electron chi connectivity index (χ1n) is 11.2. The van der Waals surface area contributed by atoms with E-state index in [1.165, 1.54) is 19.3 Å². The first kappa shape index (κ1) is 24.8. The third kappa shape index (κ3) is 12.3. The smallest absolute Gasteiger partial charge is 0.164 e. The number of ketones is 1. The lowest BCUT2D eigenvalue weighted by molar-refractivity contribution is 0.0923. The first-order chi connectivity index (χ1) is 13.1. The van der Waals surface area contributed by atoms with E-state index >= 15 is 0 Å². The minimum atomic E-state index is -0.144. The highest BCUT2D eigenvalue weighted by Crippen LogP contribution is 2.30. The lowest BCUT2D eigenvalue weighted by Crippen LogP contribution is -2.17. The molecule has 3 heteroatoms. The van der Waals surface area contributed by atoms with Crippen molar-refractivity contribution in [3.05, 3.63) is 30.1 Å². The van der Waals surface area contributed by atoms with Crippen LogP contribution < -0.4 is 0 Å². The minimum absolute atomic E-state index is 0.0125. The molecule has 1 heterocycles. The summed E-state index contributed by atoms with van der Waals surface area (Å²) in [5, 5.41) is 10.2. The zero-order chi connectivity index (χ0) is 21.0. The van der Waals surface area contributed by atoms with Crippen molar-refractivity contribution in [1.29, 1.82) is 0 Å². The molecule has 0 spiro atoms. The molecule has 1 aromatic rings. The summed E-state index contributed by atoms with van der Waals surface area (Å²) in [4.78, 5) is 16.4. The van der Waals surface area contributed by atoms with Gasteiger partial charge in [0.15, 0.2) is 5.78 Å². The topological polar surface area (TPSA) is 50.2 Å². The molecule has 0 aliphatic rings. The molecule has 160 valence electrons. The van der Waals surface area contributed by atoms with Crippen LogP contribution in [0, 0.1) is 10.8 Å². The molecule has 1 rings (SSSR count). The Morgan fingerprint density at radius 3 is 2.11 bits per heavy atom. The first-order valence-corrected chi connectivity index (χ1v) is 11.2. The number of aromatic nitrogens is 1. The third-order valence-corrected chi connectivity index (χ3v) is 5.48. The Hall–Kier alpha value is -1.22. The van der Waals surface area contributed by atoms with Crippen LogP contribution in [0.25, 0.3) is 0 Å². The molecular formula is C25H43NO2. The number of carbonyl (C=O) groups excluding carboxylic acids is 1. The summed E-state index contributed by atoms with van der Waals surface area (Å²) in [5.74, 6) is 0.181. The van der Waals surface area contributed by atoms with Gasteiger partial charge in [-0.15, -0.1) is 0 Å². The number of pyridine rings is 1. The third-order valence-electron chi connectivity index (χ3n) is 5.48. The number of Topliss-reactive ketones (excluding diaryl/α,β-unsaturated/α-hetero) is 1. The van der Waals surface area contributed by atoms with Crippen molar-refractivity contribution in [3.8, 4) is 0 Å². The summed E-state index contributed by atoms with van der Waals surface area (Å²) < 4.78 is 0. The van der Waals surface area contributed by atoms with Crippen LogP contribution in [0.2, 0.25) is 0 Å². The number of aliphatic hydroxyl groups excluding tert-OH is 1. The fourth-order valence-corrected chi connectivity index (χ4v) is 3.67. The molecule has 1 atom stereocenters. The Morgan fingerprint density at radius 1 is 0.964 bits per heavy atom. The lowest BCUT2D eigenvalue weighted by atomic mass is 9.81. The molecule has 0 saturated carbocycles. The van der Waals surface area contributed by atoms with Gasteiger partial charge in [0.2, 0.25) is 0 Å². The fraction of sp³-hybridized carbons (Fsp3) is 0.760. The normalized spacial score (nSPS) is 13.5. The number of hydrogen-bond donors (Lipinski definition) is 1. The minimum Gasteiger partial charge on any atom is -0.393 e. The summed E-state index contributed by atoms with van der Waals surface area (Å²) in [7, 11) is 0. The zero-order valence-corrected chi connectivity index (χ0v) is 19.0. The molecule has 1 aromatic heterocycles. The molecule has 1 unspecified atom stereocenters. The van der Waals surface area contributed by atoms with Crippen LogP contribution in [-0.4, -0.2) is 22.0 Å². The Bertz CT molecular complexity index is 545. The predicted octanol–water partition coefficient (Wildman–Crippen LogP) is 6.99. The number of unbranched alkanes of at least 4 members (excludes halogenated alkanes) is 4. The SMILES string of the molecule is CC(C)(C)CCCCCC(O)CCCCCC(C)(C)CC(=O)c1cccnc1. The van der Waals surface area contributed by atoms with E-state index in [9.17, 15) is 9.90 Å². The molecule has 0 aliphatic heterocycles. The van der Waals surface area contributed by atoms with Crippen molar-refractivity contribution in [2.24, 2.45) is 10.8 Å². The highest BCUT2D eigenvalue weighted by Gasteiger charge is 2.22. The summed E-state index contributed by atoms with van der Waals surface area (Å²) in [6.07, 6.45) is 14.9. The highest BCUT2D eigenvalue weighted by atomic mass is 16.3. The van der Waals surface area contributed by atoms with Gasteiger partial charge in [0.25, 0.3) is 0 Å². The average Bonchev–Trinajstić information content (AvgIpc) is 2.60. The monoisotopic (exact) mass is 389 g/mol. The van der Waals surface area contributed by atoms with Gasteiger partial charge in [-0.2, -0.15) is 0 Å². The summed E-state index contributed by atoms with van der Waals surface area (Å²) in [5.41, 5.74) is 1.15. The van der Waals surface area contributed by atoms with Gasteiger partial charge in [0, 0.05) is 24.4 Å². The van der Waals surface area contributed by atoms with Crippen molar-refractivity contribution < 1.29 is 9.90 Å². The molecule has 0 bridgehead atoms. The van der Waals surface area contributed by atoms with Crippen molar-refractivity contribution in [3.63, 3.8) is 0 Å². The Labute approximate surface area is 173 Å². The zero-order valence-electron chi connectivity index (χ0n) is 19.0. The number of aliphatic hydroxyl groups is 1. The van der Waals surface area contributed by atoms with Gasteiger partial charge < -0.3 is 5.11 Å². The van der Waals surface area contributed by atoms with Gasteiger partial charge in [-0.3, -0.25) is 9.78 Å². The van der Waals surface area contributed by atoms with Gasteiger partial charge >= 0.3 is 0 Å². The molecular weight excluding hydrogens is 346 g/mol. The molecule has 0 aliphatic carbocycles. The van der Waals surface area contributed by atoms with Crippen molar-refractivity contribution >= 4 is 5.78 Å². The van der Waals surface area contributed by atoms with Crippen LogP contribution in [0.15, 0.2) is 24.5 Å². The summed E-state index contributed by atoms with van der Waals surface area (Å²) in [6, 6.07) is 3.66. The maximum Gasteiger partial charge on any atom is 0.164 e. The number of rotatable bonds is 14. The van der Waals surface area contributed by atoms with E-state index in [1.807, 2.05) is 12.1 Å². The van der Waals surface area contributed by atoms with Crippen molar-refractivity contribution in [1.82, 2.24) is 4.98 Å². The maximum absolute atomic E-state index is 12.4. The number of nitrogens with zero attached hydrogens (tertiary/aromatic N) is 1. The predicted molar refractivity (Wildman–Crippen MR) is 119 cm³/mol. The maximum atomic E-state index is 12.4. The number of hydrogen-bond acceptors (Lipinski definition) is 3. The van der Waals surface area contributed by atoms with E-state index in [0.29, 0.717) is 17.4 Å². The molecule has 0 aromatic carbocycles. The quantitative estimate of drug-likeness (QED) is 0.275. The second-order valence-electron chi connectivity index (χ2n) is 10.4. The van der Waals surface area contributed by atoms with Crippen LogP contribution in [0.1, 0.15) is 116 Å². The summed E-state index contributed by atoms with van der Waals surface area (Å²) in [6.45, 7) is 11.2. The Balaban J connectivity index is 2.09. The van der Waals surface area contributed by atoms with Gasteiger partial charge in [-0.1, -0.05) is 73.1 Å². The standard InChI is InChI=1S/C25H43NO2/c1-24(2,3)16-10-6-8-14-22(27)15-9-7-11-17-25(4,5)19-23(28)21-13-12-18-26-20-21/h12-13,18,20,22,27H,6-11,14-17,19H2,1-5H3. The van der Waals surface area contributed by atoms with E-state index in [4.69, 9.17) is 0 Å². The fourth-order valence-electron chi connectivity index (χ4n) is 3.67. The second kappa shape index (κ2) is 12.4. The van der Waals surface area contributed by atoms with Crippen LogP contribution in [-0.2, 0) is 0 Å². The Kier molecular flexibility index (Phi) is 11.0. The average molecular weight is 390 g/mol. The molecule has 0 fully saturated rings. The lowest BCUT2D eigenvalue weighted by Gasteiger charge is -2.23. The van der Waals surface area contributed by atoms with E-state index in [2.05, 4.69) is 39.6 Å².